The Labute approximate surface area is 334 Å². The number of ether oxygens (including phenoxy) is 1. The van der Waals surface area contributed by atoms with Gasteiger partial charge in [0.2, 0.25) is 0 Å². The number of carbonyl (C=O) groups is 1. The molecule has 2 unspecified atom stereocenters. The molecule has 0 bridgehead atoms. The zero-order chi connectivity index (χ0) is 40.2. The van der Waals surface area contributed by atoms with Crippen LogP contribution in [0.3, 0.4) is 0 Å². The standard InChI is InChI=1S/C26H25FN4O3.C18H19FN4O/c27-18-10-11-22-21(14-18)25(30-24(29-22)20-8-4-5-9-23(20)32)31-13-12-19(15-31)28-26(33)34-16-17-6-2-1-3-7-17;19-11-5-6-15-14(9-11)18(23-8-7-12(20)10-23)22-17(21-15)13-3-1-2-4-16(13)24/h1-11,14,19,25,32H,12-13,15-16H2,(H,28,33)(H,29,30);1-6,9,12,18,24H,7-8,10,20H2,(H,21,22)/t19-,25?;12-,18?/m11/s1. The number of amidine groups is 2. The molecule has 58 heavy (non-hydrogen) atoms. The summed E-state index contributed by atoms with van der Waals surface area (Å²) in [5.41, 5.74) is 11.2. The lowest BCUT2D eigenvalue weighted by Gasteiger charge is -2.31. The first-order valence-electron chi connectivity index (χ1n) is 19.2. The Bertz CT molecular complexity index is 2340. The molecule has 5 aromatic carbocycles. The number of hydrogen-bond donors (Lipinski definition) is 6. The number of fused-ring (bicyclic) bond motifs is 2. The third-order valence-corrected chi connectivity index (χ3v) is 10.6. The summed E-state index contributed by atoms with van der Waals surface area (Å²) >= 11 is 0. The third kappa shape index (κ3) is 8.64. The number of anilines is 2. The first-order chi connectivity index (χ1) is 28.2. The van der Waals surface area contributed by atoms with E-state index in [4.69, 9.17) is 20.5 Å². The number of aromatic hydroxyl groups is 2. The molecule has 9 rings (SSSR count). The molecule has 1 amide bonds. The lowest BCUT2D eigenvalue weighted by molar-refractivity contribution is 0.135. The molecule has 4 aliphatic rings. The third-order valence-electron chi connectivity index (χ3n) is 10.6. The van der Waals surface area contributed by atoms with E-state index in [9.17, 15) is 23.8 Å². The number of para-hydroxylation sites is 2. The summed E-state index contributed by atoms with van der Waals surface area (Å²) in [6.07, 6.45) is 0.395. The van der Waals surface area contributed by atoms with Crippen molar-refractivity contribution < 1.29 is 28.5 Å². The molecule has 4 heterocycles. The number of rotatable bonds is 7. The van der Waals surface area contributed by atoms with Crippen LogP contribution in [-0.4, -0.2) is 76.0 Å². The molecule has 0 aliphatic carbocycles. The lowest BCUT2D eigenvalue weighted by atomic mass is 10.0. The number of nitrogens with two attached hydrogens (primary N) is 1. The molecule has 0 radical (unpaired) electrons. The lowest BCUT2D eigenvalue weighted by Crippen LogP contribution is -2.38. The minimum Gasteiger partial charge on any atom is -0.507 e. The monoisotopic (exact) mass is 786 g/mol. The van der Waals surface area contributed by atoms with Gasteiger partial charge in [-0.3, -0.25) is 9.80 Å². The molecule has 4 aliphatic heterocycles. The van der Waals surface area contributed by atoms with Crippen LogP contribution in [-0.2, 0) is 11.3 Å². The van der Waals surface area contributed by atoms with Gasteiger partial charge in [0.05, 0.1) is 11.1 Å². The molecule has 0 aromatic heterocycles. The molecule has 0 saturated carbocycles. The van der Waals surface area contributed by atoms with E-state index < -0.39 is 12.3 Å². The maximum Gasteiger partial charge on any atom is 0.407 e. The van der Waals surface area contributed by atoms with Crippen LogP contribution < -0.4 is 21.7 Å². The largest absolute Gasteiger partial charge is 0.507 e. The van der Waals surface area contributed by atoms with E-state index >= 15 is 0 Å². The van der Waals surface area contributed by atoms with Gasteiger partial charge in [-0.05, 0) is 79.1 Å². The fourth-order valence-electron chi connectivity index (χ4n) is 7.70. The summed E-state index contributed by atoms with van der Waals surface area (Å²) in [6, 6.07) is 32.7. The van der Waals surface area contributed by atoms with E-state index in [1.807, 2.05) is 48.5 Å². The molecule has 0 spiro atoms. The van der Waals surface area contributed by atoms with Gasteiger partial charge in [0, 0.05) is 60.8 Å². The topological polar surface area (TPSA) is 160 Å². The maximum atomic E-state index is 14.1. The van der Waals surface area contributed by atoms with Crippen LogP contribution >= 0.6 is 0 Å². The molecule has 12 nitrogen and oxygen atoms in total. The Balaban J connectivity index is 0.000000172. The van der Waals surface area contributed by atoms with Gasteiger partial charge in [0.15, 0.2) is 0 Å². The Morgan fingerprint density at radius 1 is 0.724 bits per heavy atom. The minimum absolute atomic E-state index is 0.111. The van der Waals surface area contributed by atoms with Gasteiger partial charge in [-0.25, -0.2) is 23.6 Å². The number of carbonyl (C=O) groups excluding carboxylic acids is 1. The summed E-state index contributed by atoms with van der Waals surface area (Å²) in [7, 11) is 0. The average Bonchev–Trinajstić information content (AvgIpc) is 3.89. The fourth-order valence-corrected chi connectivity index (χ4v) is 7.70. The first-order valence-corrected chi connectivity index (χ1v) is 19.2. The normalized spacial score (nSPS) is 21.2. The number of nitrogens with one attached hydrogen (secondary N) is 3. The van der Waals surface area contributed by atoms with Crippen molar-refractivity contribution in [3.8, 4) is 11.5 Å². The number of halogens is 2. The zero-order valence-electron chi connectivity index (χ0n) is 31.6. The molecular formula is C44H44F2N8O4. The van der Waals surface area contributed by atoms with Crippen molar-refractivity contribution in [1.29, 1.82) is 0 Å². The zero-order valence-corrected chi connectivity index (χ0v) is 31.6. The van der Waals surface area contributed by atoms with Gasteiger partial charge in [-0.1, -0.05) is 54.6 Å². The Morgan fingerprint density at radius 2 is 1.24 bits per heavy atom. The van der Waals surface area contributed by atoms with E-state index in [0.717, 1.165) is 48.4 Å². The molecule has 5 aromatic rings. The van der Waals surface area contributed by atoms with Gasteiger partial charge in [0.1, 0.15) is 53.7 Å². The van der Waals surface area contributed by atoms with E-state index in [-0.39, 0.29) is 48.0 Å². The van der Waals surface area contributed by atoms with Crippen LogP contribution in [0.15, 0.2) is 125 Å². The Morgan fingerprint density at radius 3 is 1.78 bits per heavy atom. The van der Waals surface area contributed by atoms with Crippen molar-refractivity contribution in [2.45, 2.75) is 43.9 Å². The minimum atomic E-state index is -0.467. The summed E-state index contributed by atoms with van der Waals surface area (Å²) < 4.78 is 33.2. The molecule has 2 saturated heterocycles. The maximum absolute atomic E-state index is 14.1. The van der Waals surface area contributed by atoms with E-state index in [0.29, 0.717) is 41.5 Å². The van der Waals surface area contributed by atoms with Crippen molar-refractivity contribution >= 4 is 29.1 Å². The van der Waals surface area contributed by atoms with Crippen molar-refractivity contribution in [1.82, 2.24) is 15.1 Å². The van der Waals surface area contributed by atoms with Crippen molar-refractivity contribution in [2.75, 3.05) is 36.8 Å². The molecule has 4 atom stereocenters. The molecule has 7 N–H and O–H groups in total. The molecule has 2 fully saturated rings. The quantitative estimate of drug-likeness (QED) is 0.104. The van der Waals surface area contributed by atoms with Gasteiger partial charge in [-0.15, -0.1) is 0 Å². The molecule has 298 valence electrons. The highest BCUT2D eigenvalue weighted by Crippen LogP contribution is 2.38. The van der Waals surface area contributed by atoms with Crippen LogP contribution in [0.4, 0.5) is 25.0 Å². The van der Waals surface area contributed by atoms with Crippen molar-refractivity contribution in [3.63, 3.8) is 0 Å². The summed E-state index contributed by atoms with van der Waals surface area (Å²) in [4.78, 5) is 26.1. The number of alkyl carbamates (subject to hydrolysis) is 1. The summed E-state index contributed by atoms with van der Waals surface area (Å²) in [5, 5.41) is 29.8. The summed E-state index contributed by atoms with van der Waals surface area (Å²) in [5.74, 6) is 0.736. The van der Waals surface area contributed by atoms with Crippen LogP contribution in [0.5, 0.6) is 11.5 Å². The number of hydrogen-bond acceptors (Lipinski definition) is 11. The highest BCUT2D eigenvalue weighted by Gasteiger charge is 2.35. The van der Waals surface area contributed by atoms with E-state index in [1.54, 1.807) is 42.5 Å². The van der Waals surface area contributed by atoms with E-state index in [1.165, 1.54) is 24.3 Å². The van der Waals surface area contributed by atoms with Gasteiger partial charge >= 0.3 is 6.09 Å². The number of benzene rings is 5. The number of amides is 1. The SMILES string of the molecule is N[C@@H]1CCN(C2N=C(c3ccccc3O)Nc3ccc(F)cc32)C1.O=C(N[C@@H]1CCN(C2N=C(c3ccccc3O)Nc3ccc(F)cc32)C1)OCc1ccccc1. The second kappa shape index (κ2) is 17.0. The number of phenols is 2. The smallest absolute Gasteiger partial charge is 0.407 e. The fraction of sp³-hybridized carbons (Fsp3) is 0.250. The van der Waals surface area contributed by atoms with Crippen LogP contribution in [0, 0.1) is 11.6 Å². The predicted octanol–water partition coefficient (Wildman–Crippen LogP) is 6.84. The Hall–Kier alpha value is -6.35. The van der Waals surface area contributed by atoms with Crippen LogP contribution in [0.1, 0.15) is 53.0 Å². The van der Waals surface area contributed by atoms with Crippen LogP contribution in [0.2, 0.25) is 0 Å². The second-order valence-electron chi connectivity index (χ2n) is 14.7. The van der Waals surface area contributed by atoms with Gasteiger partial charge in [-0.2, -0.15) is 0 Å². The average molecular weight is 787 g/mol. The van der Waals surface area contributed by atoms with Gasteiger partial charge < -0.3 is 36.6 Å². The highest BCUT2D eigenvalue weighted by atomic mass is 19.1. The van der Waals surface area contributed by atoms with Gasteiger partial charge in [0.25, 0.3) is 0 Å². The van der Waals surface area contributed by atoms with Crippen LogP contribution in [0.25, 0.3) is 0 Å². The Kier molecular flexibility index (Phi) is 11.3. The van der Waals surface area contributed by atoms with Crippen molar-refractivity contribution in [2.24, 2.45) is 15.7 Å². The number of likely N-dealkylation sites (tertiary alicyclic amines) is 2. The number of phenolic OH excluding ortho intramolecular Hbond substituents is 2. The molecular weight excluding hydrogens is 743 g/mol. The number of aliphatic imine (C=N–C) groups is 2. The number of nitrogens with zero attached hydrogens (tertiary/aromatic N) is 4. The highest BCUT2D eigenvalue weighted by molar-refractivity contribution is 6.12. The second-order valence-corrected chi connectivity index (χ2v) is 14.7. The first kappa shape index (κ1) is 38.5. The van der Waals surface area contributed by atoms with E-state index in [2.05, 4.69) is 25.8 Å². The summed E-state index contributed by atoms with van der Waals surface area (Å²) in [6.45, 7) is 2.95. The molecule has 14 heteroatoms. The predicted molar refractivity (Wildman–Crippen MR) is 219 cm³/mol. The van der Waals surface area contributed by atoms with Crippen molar-refractivity contribution in [3.05, 3.63) is 155 Å².